The lowest BCUT2D eigenvalue weighted by Gasteiger charge is -2.01. The lowest BCUT2D eigenvalue weighted by atomic mass is 10.5. The number of anilines is 1. The van der Waals surface area contributed by atoms with Crippen LogP contribution in [0.15, 0.2) is 12.3 Å². The van der Waals surface area contributed by atoms with E-state index in [0.29, 0.717) is 17.4 Å². The summed E-state index contributed by atoms with van der Waals surface area (Å²) in [6.45, 7) is 1.90. The predicted molar refractivity (Wildman–Crippen MR) is 55.6 cm³/mol. The highest BCUT2D eigenvalue weighted by atomic mass is 16.5. The molecule has 0 unspecified atom stereocenters. The van der Waals surface area contributed by atoms with E-state index >= 15 is 0 Å². The molecular formula is C9H13N5O. The molecule has 2 heterocycles. The summed E-state index contributed by atoms with van der Waals surface area (Å²) in [4.78, 5) is 0. The van der Waals surface area contributed by atoms with E-state index in [1.54, 1.807) is 22.6 Å². The Morgan fingerprint density at radius 1 is 1.33 bits per heavy atom. The van der Waals surface area contributed by atoms with Gasteiger partial charge in [0.05, 0.1) is 11.9 Å². The van der Waals surface area contributed by atoms with Gasteiger partial charge < -0.3 is 10.5 Å². The Morgan fingerprint density at radius 3 is 2.53 bits per heavy atom. The molecule has 0 bridgehead atoms. The van der Waals surface area contributed by atoms with Crippen molar-refractivity contribution in [1.29, 1.82) is 0 Å². The maximum absolute atomic E-state index is 5.71. The molecule has 0 amide bonds. The topological polar surface area (TPSA) is 70.9 Å². The van der Waals surface area contributed by atoms with Gasteiger partial charge in [-0.1, -0.05) is 0 Å². The first-order valence-corrected chi connectivity index (χ1v) is 4.54. The molecule has 2 N–H and O–H groups in total. The first kappa shape index (κ1) is 9.57. The van der Waals surface area contributed by atoms with Gasteiger partial charge in [-0.2, -0.15) is 5.10 Å². The minimum Gasteiger partial charge on any atom is -0.417 e. The molecule has 0 atom stereocenters. The van der Waals surface area contributed by atoms with E-state index in [4.69, 9.17) is 10.5 Å². The summed E-state index contributed by atoms with van der Waals surface area (Å²) in [5.41, 5.74) is 7.11. The van der Waals surface area contributed by atoms with Crippen LogP contribution >= 0.6 is 0 Å². The summed E-state index contributed by atoms with van der Waals surface area (Å²) < 4.78 is 8.77. The monoisotopic (exact) mass is 207 g/mol. The van der Waals surface area contributed by atoms with Gasteiger partial charge in [0, 0.05) is 20.2 Å². The summed E-state index contributed by atoms with van der Waals surface area (Å²) in [5.74, 6) is 1.03. The number of aryl methyl sites for hydroxylation is 3. The SMILES string of the molecule is Cc1cc(Oc2nn(C)cc2N)n(C)n1. The molecule has 2 aromatic rings. The minimum absolute atomic E-state index is 0.403. The average Bonchev–Trinajstić information content (AvgIpc) is 2.58. The molecule has 0 fully saturated rings. The van der Waals surface area contributed by atoms with Crippen molar-refractivity contribution in [1.82, 2.24) is 19.6 Å². The Labute approximate surface area is 87.3 Å². The number of hydrogen-bond donors (Lipinski definition) is 1. The summed E-state index contributed by atoms with van der Waals surface area (Å²) in [5, 5.41) is 8.24. The molecule has 2 aromatic heterocycles. The Hall–Kier alpha value is -1.98. The molecule has 0 aliphatic heterocycles. The first-order chi connectivity index (χ1) is 7.06. The number of hydrogen-bond acceptors (Lipinski definition) is 4. The van der Waals surface area contributed by atoms with E-state index in [0.717, 1.165) is 5.69 Å². The normalized spacial score (nSPS) is 10.6. The fraction of sp³-hybridized carbons (Fsp3) is 0.333. The van der Waals surface area contributed by atoms with Gasteiger partial charge >= 0.3 is 0 Å². The van der Waals surface area contributed by atoms with Crippen molar-refractivity contribution < 1.29 is 4.74 Å². The minimum atomic E-state index is 0.403. The molecule has 0 aliphatic rings. The standard InChI is InChI=1S/C9H13N5O/c1-6-4-8(14(3)11-6)15-9-7(10)5-13(2)12-9/h4-5H,10H2,1-3H3. The summed E-state index contributed by atoms with van der Waals surface area (Å²) >= 11 is 0. The second-order valence-electron chi connectivity index (χ2n) is 3.41. The van der Waals surface area contributed by atoms with E-state index in [1.165, 1.54) is 0 Å². The highest BCUT2D eigenvalue weighted by Crippen LogP contribution is 2.24. The van der Waals surface area contributed by atoms with Gasteiger partial charge in [-0.05, 0) is 6.92 Å². The van der Waals surface area contributed by atoms with Crippen molar-refractivity contribution in [2.75, 3.05) is 5.73 Å². The quantitative estimate of drug-likeness (QED) is 0.792. The zero-order valence-electron chi connectivity index (χ0n) is 8.93. The van der Waals surface area contributed by atoms with Crippen LogP contribution in [-0.2, 0) is 14.1 Å². The molecule has 6 nitrogen and oxygen atoms in total. The van der Waals surface area contributed by atoms with E-state index in [1.807, 2.05) is 20.0 Å². The van der Waals surface area contributed by atoms with Crippen molar-refractivity contribution in [2.45, 2.75) is 6.92 Å². The number of nitrogens with two attached hydrogens (primary N) is 1. The lowest BCUT2D eigenvalue weighted by Crippen LogP contribution is -1.97. The van der Waals surface area contributed by atoms with Crippen molar-refractivity contribution in [3.8, 4) is 11.8 Å². The maximum Gasteiger partial charge on any atom is 0.263 e. The largest absolute Gasteiger partial charge is 0.417 e. The van der Waals surface area contributed by atoms with Gasteiger partial charge in [-0.15, -0.1) is 5.10 Å². The fourth-order valence-corrected chi connectivity index (χ4v) is 1.35. The number of nitrogens with zero attached hydrogens (tertiary/aromatic N) is 4. The predicted octanol–water partition coefficient (Wildman–Crippen LogP) is 0.837. The fourth-order valence-electron chi connectivity index (χ4n) is 1.35. The van der Waals surface area contributed by atoms with Crippen LogP contribution in [-0.4, -0.2) is 19.6 Å². The van der Waals surface area contributed by atoms with Crippen LogP contribution in [0.4, 0.5) is 5.69 Å². The number of rotatable bonds is 2. The highest BCUT2D eigenvalue weighted by Gasteiger charge is 2.10. The van der Waals surface area contributed by atoms with Crippen LogP contribution in [0.3, 0.4) is 0 Å². The van der Waals surface area contributed by atoms with Gasteiger partial charge in [0.25, 0.3) is 5.88 Å². The Balaban J connectivity index is 2.29. The Kier molecular flexibility index (Phi) is 2.11. The van der Waals surface area contributed by atoms with Crippen molar-refractivity contribution in [3.05, 3.63) is 18.0 Å². The van der Waals surface area contributed by atoms with Crippen LogP contribution in [0.2, 0.25) is 0 Å². The van der Waals surface area contributed by atoms with Crippen molar-refractivity contribution in [2.24, 2.45) is 14.1 Å². The van der Waals surface area contributed by atoms with E-state index in [-0.39, 0.29) is 0 Å². The second-order valence-corrected chi connectivity index (χ2v) is 3.41. The molecule has 6 heteroatoms. The summed E-state index contributed by atoms with van der Waals surface area (Å²) in [7, 11) is 3.60. The number of ether oxygens (including phenoxy) is 1. The molecule has 2 rings (SSSR count). The second kappa shape index (κ2) is 3.30. The molecule has 80 valence electrons. The molecule has 0 radical (unpaired) electrons. The van der Waals surface area contributed by atoms with Gasteiger partial charge in [-0.25, -0.2) is 4.68 Å². The van der Waals surface area contributed by atoms with Crippen LogP contribution in [0.5, 0.6) is 11.8 Å². The van der Waals surface area contributed by atoms with Crippen molar-refractivity contribution >= 4 is 5.69 Å². The Morgan fingerprint density at radius 2 is 2.07 bits per heavy atom. The molecular weight excluding hydrogens is 194 g/mol. The molecule has 0 spiro atoms. The van der Waals surface area contributed by atoms with E-state index in [9.17, 15) is 0 Å². The maximum atomic E-state index is 5.71. The average molecular weight is 207 g/mol. The zero-order chi connectivity index (χ0) is 11.0. The van der Waals surface area contributed by atoms with E-state index < -0.39 is 0 Å². The summed E-state index contributed by atoms with van der Waals surface area (Å²) in [6.07, 6.45) is 1.69. The smallest absolute Gasteiger partial charge is 0.263 e. The van der Waals surface area contributed by atoms with Gasteiger partial charge in [0.1, 0.15) is 5.69 Å². The van der Waals surface area contributed by atoms with Gasteiger partial charge in [0.15, 0.2) is 0 Å². The third-order valence-electron chi connectivity index (χ3n) is 1.98. The third kappa shape index (κ3) is 1.78. The number of nitrogen functional groups attached to an aromatic ring is 1. The Bertz CT molecular complexity index is 440. The number of aromatic nitrogens is 4. The van der Waals surface area contributed by atoms with Crippen molar-refractivity contribution in [3.63, 3.8) is 0 Å². The van der Waals surface area contributed by atoms with E-state index in [2.05, 4.69) is 10.2 Å². The molecule has 0 saturated heterocycles. The zero-order valence-corrected chi connectivity index (χ0v) is 8.93. The van der Waals surface area contributed by atoms with Gasteiger partial charge in [-0.3, -0.25) is 4.68 Å². The molecule has 0 aromatic carbocycles. The molecule has 0 saturated carbocycles. The van der Waals surface area contributed by atoms with Crippen LogP contribution in [0.1, 0.15) is 5.69 Å². The molecule has 0 aliphatic carbocycles. The third-order valence-corrected chi connectivity index (χ3v) is 1.98. The van der Waals surface area contributed by atoms with Crippen LogP contribution in [0.25, 0.3) is 0 Å². The van der Waals surface area contributed by atoms with Gasteiger partial charge in [0.2, 0.25) is 5.88 Å². The lowest BCUT2D eigenvalue weighted by molar-refractivity contribution is 0.411. The van der Waals surface area contributed by atoms with Crippen LogP contribution < -0.4 is 10.5 Å². The molecule has 15 heavy (non-hydrogen) atoms. The van der Waals surface area contributed by atoms with Crippen LogP contribution in [0, 0.1) is 6.92 Å². The first-order valence-electron chi connectivity index (χ1n) is 4.54. The summed E-state index contributed by atoms with van der Waals surface area (Å²) in [6, 6.07) is 1.83. The highest BCUT2D eigenvalue weighted by molar-refractivity contribution is 5.47.